The molecule has 1 aliphatic heterocycles. The lowest BCUT2D eigenvalue weighted by atomic mass is 9.98. The number of aromatic nitrogens is 3. The first-order valence-corrected chi connectivity index (χ1v) is 8.32. The summed E-state index contributed by atoms with van der Waals surface area (Å²) in [6, 6.07) is 8.20. The Morgan fingerprint density at radius 2 is 1.72 bits per heavy atom. The van der Waals surface area contributed by atoms with E-state index in [0.717, 1.165) is 12.0 Å². The molecule has 8 nitrogen and oxygen atoms in total. The first kappa shape index (κ1) is 18.0. The molecule has 2 aromatic rings. The molecule has 136 valence electrons. The number of aliphatic hydroxyl groups is 4. The number of rotatable bonds is 5. The standard InChI is InChI=1S/C17H23N3O5/c1-2-10-3-5-11(6-4-10)7-12-8-20(19-18-12)17-16(24)15(23)14(22)13(9-21)25-17/h3-6,8,13-17,21-24H,2,7,9H2,1H3/t13?,14-,15?,16-,17?/m1/s1. The number of hydrogen-bond donors (Lipinski definition) is 4. The summed E-state index contributed by atoms with van der Waals surface area (Å²) >= 11 is 0. The lowest BCUT2D eigenvalue weighted by Gasteiger charge is -2.39. The third-order valence-corrected chi connectivity index (χ3v) is 4.50. The van der Waals surface area contributed by atoms with Crippen LogP contribution in [-0.2, 0) is 17.6 Å². The van der Waals surface area contributed by atoms with Crippen LogP contribution in [0.15, 0.2) is 30.5 Å². The summed E-state index contributed by atoms with van der Waals surface area (Å²) in [5.41, 5.74) is 3.02. The maximum atomic E-state index is 10.1. The smallest absolute Gasteiger partial charge is 0.180 e. The van der Waals surface area contributed by atoms with Crippen LogP contribution in [0.4, 0.5) is 0 Å². The fourth-order valence-corrected chi connectivity index (χ4v) is 2.92. The quantitative estimate of drug-likeness (QED) is 0.569. The maximum Gasteiger partial charge on any atom is 0.180 e. The summed E-state index contributed by atoms with van der Waals surface area (Å²) < 4.78 is 6.76. The van der Waals surface area contributed by atoms with Gasteiger partial charge in [0.1, 0.15) is 24.4 Å². The Hall–Kier alpha value is -1.84. The molecule has 1 saturated heterocycles. The maximum absolute atomic E-state index is 10.1. The summed E-state index contributed by atoms with van der Waals surface area (Å²) in [6.45, 7) is 1.62. The Morgan fingerprint density at radius 1 is 1.04 bits per heavy atom. The zero-order valence-corrected chi connectivity index (χ0v) is 13.9. The molecule has 2 heterocycles. The summed E-state index contributed by atoms with van der Waals surface area (Å²) in [5.74, 6) is 0. The molecule has 8 heteroatoms. The predicted octanol–water partition coefficient (Wildman–Crippen LogP) is -0.596. The van der Waals surface area contributed by atoms with E-state index in [2.05, 4.69) is 29.4 Å². The van der Waals surface area contributed by atoms with Gasteiger partial charge in [0.05, 0.1) is 18.5 Å². The van der Waals surface area contributed by atoms with E-state index in [4.69, 9.17) is 4.74 Å². The first-order chi connectivity index (χ1) is 12.0. The molecular weight excluding hydrogens is 326 g/mol. The molecule has 3 unspecified atom stereocenters. The number of ether oxygens (including phenoxy) is 1. The van der Waals surface area contributed by atoms with Crippen molar-refractivity contribution in [3.8, 4) is 0 Å². The van der Waals surface area contributed by atoms with Crippen molar-refractivity contribution in [3.63, 3.8) is 0 Å². The van der Waals surface area contributed by atoms with Crippen LogP contribution in [0.1, 0.15) is 30.0 Å². The van der Waals surface area contributed by atoms with E-state index in [-0.39, 0.29) is 0 Å². The number of nitrogens with zero attached hydrogens (tertiary/aromatic N) is 3. The lowest BCUT2D eigenvalue weighted by molar-refractivity contribution is -0.254. The van der Waals surface area contributed by atoms with Crippen LogP contribution in [0.2, 0.25) is 0 Å². The minimum absolute atomic E-state index is 0.479. The van der Waals surface area contributed by atoms with Crippen LogP contribution in [0.25, 0.3) is 0 Å². The van der Waals surface area contributed by atoms with Crippen LogP contribution >= 0.6 is 0 Å². The second-order valence-corrected chi connectivity index (χ2v) is 6.26. The van der Waals surface area contributed by atoms with Gasteiger partial charge in [-0.1, -0.05) is 36.4 Å². The van der Waals surface area contributed by atoms with Gasteiger partial charge in [0.2, 0.25) is 0 Å². The molecule has 0 bridgehead atoms. The average Bonchev–Trinajstić information content (AvgIpc) is 3.09. The van der Waals surface area contributed by atoms with E-state index in [1.807, 2.05) is 12.1 Å². The molecular formula is C17H23N3O5. The van der Waals surface area contributed by atoms with Gasteiger partial charge in [0.25, 0.3) is 0 Å². The largest absolute Gasteiger partial charge is 0.394 e. The van der Waals surface area contributed by atoms with Gasteiger partial charge < -0.3 is 25.2 Å². The van der Waals surface area contributed by atoms with Gasteiger partial charge in [-0.25, -0.2) is 4.68 Å². The van der Waals surface area contributed by atoms with Gasteiger partial charge in [0, 0.05) is 6.42 Å². The van der Waals surface area contributed by atoms with Crippen LogP contribution in [-0.4, -0.2) is 66.4 Å². The molecule has 25 heavy (non-hydrogen) atoms. The van der Waals surface area contributed by atoms with Crippen molar-refractivity contribution in [1.82, 2.24) is 15.0 Å². The molecule has 0 spiro atoms. The van der Waals surface area contributed by atoms with E-state index in [9.17, 15) is 20.4 Å². The highest BCUT2D eigenvalue weighted by Gasteiger charge is 2.44. The highest BCUT2D eigenvalue weighted by Crippen LogP contribution is 2.27. The third kappa shape index (κ3) is 3.73. The summed E-state index contributed by atoms with van der Waals surface area (Å²) in [5, 5.41) is 47.1. The van der Waals surface area contributed by atoms with Crippen molar-refractivity contribution >= 4 is 0 Å². The molecule has 0 amide bonds. The van der Waals surface area contributed by atoms with Crippen LogP contribution in [0.3, 0.4) is 0 Å². The Labute approximate surface area is 145 Å². The SMILES string of the molecule is CCc1ccc(Cc2cn(C3OC(CO)[C@@H](O)C(O)[C@H]3O)nn2)cc1. The highest BCUT2D eigenvalue weighted by molar-refractivity contribution is 5.25. The molecule has 1 aliphatic rings. The van der Waals surface area contributed by atoms with E-state index >= 15 is 0 Å². The second-order valence-electron chi connectivity index (χ2n) is 6.26. The molecule has 1 aromatic carbocycles. The summed E-state index contributed by atoms with van der Waals surface area (Å²) in [7, 11) is 0. The Balaban J connectivity index is 1.73. The predicted molar refractivity (Wildman–Crippen MR) is 87.7 cm³/mol. The van der Waals surface area contributed by atoms with Gasteiger partial charge in [-0.15, -0.1) is 5.10 Å². The Kier molecular flexibility index (Phi) is 5.45. The fraction of sp³-hybridized carbons (Fsp3) is 0.529. The second kappa shape index (κ2) is 7.59. The molecule has 4 N–H and O–H groups in total. The van der Waals surface area contributed by atoms with E-state index in [1.54, 1.807) is 6.20 Å². The van der Waals surface area contributed by atoms with Gasteiger partial charge in [0.15, 0.2) is 6.23 Å². The molecule has 0 aliphatic carbocycles. The molecule has 3 rings (SSSR count). The fourth-order valence-electron chi connectivity index (χ4n) is 2.92. The highest BCUT2D eigenvalue weighted by atomic mass is 16.6. The number of aliphatic hydroxyl groups excluding tert-OH is 4. The molecule has 0 radical (unpaired) electrons. The monoisotopic (exact) mass is 349 g/mol. The summed E-state index contributed by atoms with van der Waals surface area (Å²) in [4.78, 5) is 0. The van der Waals surface area contributed by atoms with Gasteiger partial charge in [-0.05, 0) is 17.5 Å². The normalized spacial score (nSPS) is 29.7. The van der Waals surface area contributed by atoms with Crippen molar-refractivity contribution in [1.29, 1.82) is 0 Å². The molecule has 1 fully saturated rings. The van der Waals surface area contributed by atoms with Crippen LogP contribution in [0.5, 0.6) is 0 Å². The lowest BCUT2D eigenvalue weighted by Crippen LogP contribution is -2.56. The first-order valence-electron chi connectivity index (χ1n) is 8.32. The van der Waals surface area contributed by atoms with Crippen LogP contribution < -0.4 is 0 Å². The molecule has 1 aromatic heterocycles. The van der Waals surface area contributed by atoms with Crippen molar-refractivity contribution in [2.75, 3.05) is 6.61 Å². The topological polar surface area (TPSA) is 121 Å². The number of hydrogen-bond acceptors (Lipinski definition) is 7. The minimum Gasteiger partial charge on any atom is -0.394 e. The van der Waals surface area contributed by atoms with Gasteiger partial charge in [-0.3, -0.25) is 0 Å². The van der Waals surface area contributed by atoms with Crippen molar-refractivity contribution < 1.29 is 25.2 Å². The number of benzene rings is 1. The van der Waals surface area contributed by atoms with Crippen LogP contribution in [0, 0.1) is 0 Å². The zero-order chi connectivity index (χ0) is 18.0. The van der Waals surface area contributed by atoms with E-state index < -0.39 is 37.3 Å². The minimum atomic E-state index is -1.44. The van der Waals surface area contributed by atoms with Gasteiger partial charge >= 0.3 is 0 Å². The Bertz CT molecular complexity index is 688. The molecule has 5 atom stereocenters. The van der Waals surface area contributed by atoms with E-state index in [0.29, 0.717) is 12.1 Å². The van der Waals surface area contributed by atoms with Crippen molar-refractivity contribution in [3.05, 3.63) is 47.3 Å². The average molecular weight is 349 g/mol. The van der Waals surface area contributed by atoms with Crippen molar-refractivity contribution in [2.45, 2.75) is 50.4 Å². The summed E-state index contributed by atoms with van der Waals surface area (Å²) in [6.07, 6.45) is -3.04. The zero-order valence-electron chi connectivity index (χ0n) is 13.9. The Morgan fingerprint density at radius 3 is 2.36 bits per heavy atom. The van der Waals surface area contributed by atoms with Crippen molar-refractivity contribution in [2.24, 2.45) is 0 Å². The van der Waals surface area contributed by atoms with E-state index in [1.165, 1.54) is 10.2 Å². The van der Waals surface area contributed by atoms with Gasteiger partial charge in [-0.2, -0.15) is 0 Å². The third-order valence-electron chi connectivity index (χ3n) is 4.50. The molecule has 0 saturated carbocycles. The number of aryl methyl sites for hydroxylation is 1.